The summed E-state index contributed by atoms with van der Waals surface area (Å²) in [5, 5.41) is 1.80. The molecule has 0 radical (unpaired) electrons. The van der Waals surface area contributed by atoms with E-state index in [1.54, 1.807) is 53.5 Å². The lowest BCUT2D eigenvalue weighted by atomic mass is 10.1. The van der Waals surface area contributed by atoms with Crippen molar-refractivity contribution in [3.8, 4) is 22.5 Å². The molecule has 0 unspecified atom stereocenters. The molecule has 0 fully saturated rings. The number of thiazole rings is 2. The lowest BCUT2D eigenvalue weighted by Crippen LogP contribution is -2.26. The van der Waals surface area contributed by atoms with Crippen molar-refractivity contribution in [3.63, 3.8) is 0 Å². The Balaban J connectivity index is 0.000000351. The Morgan fingerprint density at radius 2 is 1.00 bits per heavy atom. The van der Waals surface area contributed by atoms with Gasteiger partial charge in [-0.2, -0.15) is 0 Å². The first-order valence-electron chi connectivity index (χ1n) is 22.5. The van der Waals surface area contributed by atoms with Crippen molar-refractivity contribution < 1.29 is 27.5 Å². The van der Waals surface area contributed by atoms with Crippen LogP contribution in [0.25, 0.3) is 22.5 Å². The molecule has 0 bridgehead atoms. The summed E-state index contributed by atoms with van der Waals surface area (Å²) in [6.07, 6.45) is 5.76. The molecular formula is C54H72N4O6S4. The second-order valence-corrected chi connectivity index (χ2v) is 21.7. The van der Waals surface area contributed by atoms with Crippen LogP contribution in [0.1, 0.15) is 90.1 Å². The highest BCUT2D eigenvalue weighted by atomic mass is 32.2. The fourth-order valence-electron chi connectivity index (χ4n) is 7.04. The molecule has 0 saturated carbocycles. The Morgan fingerprint density at radius 1 is 0.618 bits per heavy atom. The van der Waals surface area contributed by atoms with E-state index in [2.05, 4.69) is 92.3 Å². The van der Waals surface area contributed by atoms with Crippen molar-refractivity contribution in [2.24, 2.45) is 11.8 Å². The Kier molecular flexibility index (Phi) is 24.0. The van der Waals surface area contributed by atoms with Gasteiger partial charge in [0, 0.05) is 58.2 Å². The number of sulfone groups is 1. The number of nitrogens with zero attached hydrogens (tertiary/aromatic N) is 4. The molecule has 6 aromatic rings. The van der Waals surface area contributed by atoms with Gasteiger partial charge in [0.1, 0.15) is 0 Å². The van der Waals surface area contributed by atoms with Gasteiger partial charge in [0.15, 0.2) is 20.1 Å². The van der Waals surface area contributed by atoms with Gasteiger partial charge < -0.3 is 19.3 Å². The molecule has 0 spiro atoms. The zero-order chi connectivity index (χ0) is 47.6. The Labute approximate surface area is 419 Å². The largest absolute Gasteiger partial charge is 0.466 e. The first-order valence-corrected chi connectivity index (χ1v) is 27.2. The van der Waals surface area contributed by atoms with E-state index in [4.69, 9.17) is 19.4 Å². The SMILES string of the molecule is C.C.CCOC(=O)CCN(Cc1ccccc1)c1nc(-c2ccc(S(C)(=O)=O)cc2)c(CC(C)C)s1.CCOC(=O)CCN(Cc1ccccc1)c1nc(-c2ccc(SC)cc2)c(CC(C)C)s1. The smallest absolute Gasteiger partial charge is 0.307 e. The number of ether oxygens (including phenoxy) is 2. The molecule has 368 valence electrons. The quantitative estimate of drug-likeness (QED) is 0.0478. The molecule has 0 aliphatic heterocycles. The van der Waals surface area contributed by atoms with Gasteiger partial charge >= 0.3 is 11.9 Å². The molecule has 0 N–H and O–H groups in total. The maximum absolute atomic E-state index is 12.1. The highest BCUT2D eigenvalue weighted by molar-refractivity contribution is 7.98. The van der Waals surface area contributed by atoms with Crippen LogP contribution in [0.2, 0.25) is 0 Å². The second-order valence-electron chi connectivity index (χ2n) is 16.7. The summed E-state index contributed by atoms with van der Waals surface area (Å²) in [6.45, 7) is 15.6. The maximum atomic E-state index is 12.1. The van der Waals surface area contributed by atoms with Crippen LogP contribution in [-0.4, -0.2) is 69.1 Å². The zero-order valence-electron chi connectivity index (χ0n) is 39.5. The second kappa shape index (κ2) is 28.5. The van der Waals surface area contributed by atoms with Crippen LogP contribution in [0.5, 0.6) is 0 Å². The van der Waals surface area contributed by atoms with Crippen LogP contribution in [0.3, 0.4) is 0 Å². The van der Waals surface area contributed by atoms with Gasteiger partial charge in [0.05, 0.1) is 42.3 Å². The standard InChI is InChI=1S/C26H32N2O4S2.C26H32N2O2S2.2CH4/c1-5-32-24(29)15-16-28(18-20-9-7-6-8-10-20)26-27-25(23(33-26)17-19(2)3)21-11-13-22(14-12-21)34(4,30)31;1-5-30-24(29)15-16-28(18-20-9-7-6-8-10-20)26-27-25(23(32-26)17-19(2)3)21-11-13-22(31-4)14-12-21;;/h6-14,19H,5,15-18H2,1-4H3;6-14,19H,5,15-18H2,1-4H3;2*1H4. The zero-order valence-corrected chi connectivity index (χ0v) is 42.8. The number of hydrogen-bond acceptors (Lipinski definition) is 13. The molecule has 0 atom stereocenters. The van der Waals surface area contributed by atoms with E-state index in [1.165, 1.54) is 21.6 Å². The van der Waals surface area contributed by atoms with Crippen molar-refractivity contribution in [2.75, 3.05) is 48.6 Å². The molecule has 0 saturated heterocycles. The minimum Gasteiger partial charge on any atom is -0.466 e. The van der Waals surface area contributed by atoms with Crippen LogP contribution in [0, 0.1) is 11.8 Å². The van der Waals surface area contributed by atoms with E-state index in [0.29, 0.717) is 57.6 Å². The summed E-state index contributed by atoms with van der Waals surface area (Å²) in [4.78, 5) is 42.5. The van der Waals surface area contributed by atoms with Crippen molar-refractivity contribution in [2.45, 2.75) is 105 Å². The summed E-state index contributed by atoms with van der Waals surface area (Å²) in [7, 11) is -3.26. The maximum Gasteiger partial charge on any atom is 0.307 e. The lowest BCUT2D eigenvalue weighted by Gasteiger charge is -2.21. The molecular weight excluding hydrogens is 929 g/mol. The number of benzene rings is 4. The first kappa shape index (κ1) is 57.3. The van der Waals surface area contributed by atoms with E-state index >= 15 is 0 Å². The number of hydrogen-bond donors (Lipinski definition) is 0. The minimum absolute atomic E-state index is 0. The topological polar surface area (TPSA) is 119 Å². The fourth-order valence-corrected chi connectivity index (χ4v) is 10.7. The first-order chi connectivity index (χ1) is 31.7. The van der Waals surface area contributed by atoms with Crippen LogP contribution >= 0.6 is 34.4 Å². The van der Waals surface area contributed by atoms with Crippen LogP contribution in [0.4, 0.5) is 10.3 Å². The monoisotopic (exact) mass is 1000 g/mol. The molecule has 2 heterocycles. The molecule has 68 heavy (non-hydrogen) atoms. The summed E-state index contributed by atoms with van der Waals surface area (Å²) in [5.41, 5.74) is 6.28. The van der Waals surface area contributed by atoms with Crippen molar-refractivity contribution >= 4 is 66.5 Å². The Hall–Kier alpha value is -5.02. The molecule has 10 nitrogen and oxygen atoms in total. The van der Waals surface area contributed by atoms with Crippen molar-refractivity contribution in [3.05, 3.63) is 130 Å². The summed E-state index contributed by atoms with van der Waals surface area (Å²) < 4.78 is 34.1. The number of carbonyl (C=O) groups is 2. The number of carbonyl (C=O) groups excluding carboxylic acids is 2. The number of anilines is 2. The van der Waals surface area contributed by atoms with Crippen LogP contribution in [-0.2, 0) is 54.8 Å². The normalized spacial score (nSPS) is 11.0. The summed E-state index contributed by atoms with van der Waals surface area (Å²) in [5.74, 6) is 0.576. The highest BCUT2D eigenvalue weighted by Gasteiger charge is 2.22. The van der Waals surface area contributed by atoms with Gasteiger partial charge in [0.25, 0.3) is 0 Å². The Bertz CT molecular complexity index is 2530. The van der Waals surface area contributed by atoms with E-state index < -0.39 is 9.84 Å². The minimum atomic E-state index is -3.26. The fraction of sp³-hybridized carbons (Fsp3) is 0.407. The molecule has 0 aliphatic rings. The molecule has 4 aromatic carbocycles. The van der Waals surface area contributed by atoms with Gasteiger partial charge in [-0.1, -0.05) is 127 Å². The highest BCUT2D eigenvalue weighted by Crippen LogP contribution is 2.38. The van der Waals surface area contributed by atoms with Gasteiger partial charge in [0.2, 0.25) is 0 Å². The van der Waals surface area contributed by atoms with Gasteiger partial charge in [-0.15, -0.1) is 34.4 Å². The van der Waals surface area contributed by atoms with E-state index in [9.17, 15) is 18.0 Å². The molecule has 0 aliphatic carbocycles. The third-order valence-corrected chi connectivity index (χ3v) is 14.4. The molecule has 2 aromatic heterocycles. The van der Waals surface area contributed by atoms with Crippen molar-refractivity contribution in [1.29, 1.82) is 0 Å². The van der Waals surface area contributed by atoms with Crippen molar-refractivity contribution in [1.82, 2.24) is 9.97 Å². The van der Waals surface area contributed by atoms with E-state index in [-0.39, 0.29) is 38.1 Å². The predicted molar refractivity (Wildman–Crippen MR) is 288 cm³/mol. The average molecular weight is 1000 g/mol. The number of esters is 2. The van der Waals surface area contributed by atoms with Crippen LogP contribution in [0.15, 0.2) is 119 Å². The summed E-state index contributed by atoms with van der Waals surface area (Å²) >= 11 is 5.11. The van der Waals surface area contributed by atoms with Gasteiger partial charge in [-0.25, -0.2) is 18.4 Å². The molecule has 14 heteroatoms. The number of rotatable bonds is 22. The van der Waals surface area contributed by atoms with E-state index in [1.807, 2.05) is 55.5 Å². The average Bonchev–Trinajstić information content (AvgIpc) is 3.91. The third-order valence-electron chi connectivity index (χ3n) is 10.2. The van der Waals surface area contributed by atoms with Gasteiger partial charge in [-0.05, 0) is 80.2 Å². The molecule has 6 rings (SSSR count). The predicted octanol–water partition coefficient (Wildman–Crippen LogP) is 13.3. The summed E-state index contributed by atoms with van der Waals surface area (Å²) in [6, 6.07) is 36.0. The third kappa shape index (κ3) is 17.8. The Morgan fingerprint density at radius 3 is 1.34 bits per heavy atom. The van der Waals surface area contributed by atoms with Gasteiger partial charge in [-0.3, -0.25) is 9.59 Å². The van der Waals surface area contributed by atoms with Crippen LogP contribution < -0.4 is 9.80 Å². The van der Waals surface area contributed by atoms with E-state index in [0.717, 1.165) is 56.1 Å². The lowest BCUT2D eigenvalue weighted by molar-refractivity contribution is -0.143. The number of thioether (sulfide) groups is 1. The number of aromatic nitrogens is 2. The molecule has 0 amide bonds.